The van der Waals surface area contributed by atoms with Gasteiger partial charge in [-0.2, -0.15) is 0 Å². The van der Waals surface area contributed by atoms with Gasteiger partial charge in [0.05, 0.1) is 19.8 Å². The highest BCUT2D eigenvalue weighted by atomic mass is 16.7. The predicted molar refractivity (Wildman–Crippen MR) is 34.8 cm³/mol. The highest BCUT2D eigenvalue weighted by Gasteiger charge is 2.30. The molecule has 5 nitrogen and oxygen atoms in total. The molecule has 0 aromatic carbocycles. The molecule has 11 heavy (non-hydrogen) atoms. The first-order valence-corrected chi connectivity index (χ1v) is 3.44. The van der Waals surface area contributed by atoms with Gasteiger partial charge < -0.3 is 24.8 Å². The molecule has 0 radical (unpaired) electrons. The molecule has 1 aliphatic heterocycles. The minimum Gasteiger partial charge on any atom is -0.394 e. The Bertz CT molecular complexity index is 118. The lowest BCUT2D eigenvalue weighted by Gasteiger charge is -2.13. The molecule has 0 spiro atoms. The van der Waals surface area contributed by atoms with Crippen molar-refractivity contribution in [3.63, 3.8) is 0 Å². The largest absolute Gasteiger partial charge is 0.394 e. The van der Waals surface area contributed by atoms with E-state index >= 15 is 0 Å². The average Bonchev–Trinajstić information content (AvgIpc) is 2.50. The van der Waals surface area contributed by atoms with Crippen LogP contribution in [0.3, 0.4) is 0 Å². The van der Waals surface area contributed by atoms with E-state index in [2.05, 4.69) is 0 Å². The molecule has 0 aromatic heterocycles. The molecule has 0 aliphatic carbocycles. The van der Waals surface area contributed by atoms with Gasteiger partial charge in [-0.3, -0.25) is 0 Å². The van der Waals surface area contributed by atoms with Crippen molar-refractivity contribution in [2.45, 2.75) is 18.5 Å². The van der Waals surface area contributed by atoms with Crippen LogP contribution in [0.25, 0.3) is 0 Å². The van der Waals surface area contributed by atoms with Crippen LogP contribution in [-0.4, -0.2) is 53.6 Å². The van der Waals surface area contributed by atoms with Crippen LogP contribution in [0.15, 0.2) is 0 Å². The van der Waals surface area contributed by atoms with E-state index in [9.17, 15) is 0 Å². The Morgan fingerprint density at radius 1 is 1.45 bits per heavy atom. The fourth-order valence-corrected chi connectivity index (χ4v) is 0.891. The van der Waals surface area contributed by atoms with Gasteiger partial charge in [-0.05, 0) is 0 Å². The Labute approximate surface area is 64.2 Å². The van der Waals surface area contributed by atoms with E-state index in [-0.39, 0.29) is 19.8 Å². The lowest BCUT2D eigenvalue weighted by atomic mass is 10.2. The molecule has 3 atom stereocenters. The van der Waals surface area contributed by atoms with Crippen LogP contribution in [0.5, 0.6) is 0 Å². The SMILES string of the molecule is OCC(O)[C@@H]1CO[C@H](CO)O1. The zero-order valence-corrected chi connectivity index (χ0v) is 6.01. The number of hydrogen-bond donors (Lipinski definition) is 3. The van der Waals surface area contributed by atoms with Crippen molar-refractivity contribution in [3.8, 4) is 0 Å². The van der Waals surface area contributed by atoms with Crippen molar-refractivity contribution in [1.82, 2.24) is 0 Å². The molecule has 0 saturated carbocycles. The molecule has 5 heteroatoms. The molecule has 1 rings (SSSR count). The van der Waals surface area contributed by atoms with E-state index in [1.807, 2.05) is 0 Å². The molecule has 1 heterocycles. The van der Waals surface area contributed by atoms with E-state index in [4.69, 9.17) is 24.8 Å². The van der Waals surface area contributed by atoms with Crippen LogP contribution in [0.1, 0.15) is 0 Å². The summed E-state index contributed by atoms with van der Waals surface area (Å²) < 4.78 is 9.88. The molecule has 0 amide bonds. The van der Waals surface area contributed by atoms with E-state index < -0.39 is 18.5 Å². The summed E-state index contributed by atoms with van der Waals surface area (Å²) in [5, 5.41) is 26.1. The Morgan fingerprint density at radius 2 is 2.18 bits per heavy atom. The van der Waals surface area contributed by atoms with Gasteiger partial charge in [0.1, 0.15) is 12.2 Å². The molecule has 1 unspecified atom stereocenters. The molecule has 3 N–H and O–H groups in total. The van der Waals surface area contributed by atoms with Crippen LogP contribution >= 0.6 is 0 Å². The first-order chi connectivity index (χ1) is 5.27. The fourth-order valence-electron chi connectivity index (χ4n) is 0.891. The van der Waals surface area contributed by atoms with Crippen molar-refractivity contribution < 1.29 is 24.8 Å². The Hall–Kier alpha value is -0.200. The van der Waals surface area contributed by atoms with Crippen molar-refractivity contribution in [2.24, 2.45) is 0 Å². The number of ether oxygens (including phenoxy) is 2. The molecule has 0 bridgehead atoms. The second-order valence-corrected chi connectivity index (χ2v) is 2.37. The van der Waals surface area contributed by atoms with Crippen LogP contribution in [0, 0.1) is 0 Å². The molecule has 1 aliphatic rings. The average molecular weight is 164 g/mol. The lowest BCUT2D eigenvalue weighted by molar-refractivity contribution is -0.109. The molecule has 1 saturated heterocycles. The standard InChI is InChI=1S/C6H12O5/c7-1-4(9)5-3-10-6(2-8)11-5/h4-9H,1-3H2/t4?,5-,6-/m0/s1. The summed E-state index contributed by atoms with van der Waals surface area (Å²) in [6.45, 7) is -0.367. The van der Waals surface area contributed by atoms with Gasteiger partial charge in [0, 0.05) is 0 Å². The third kappa shape index (κ3) is 2.11. The van der Waals surface area contributed by atoms with Crippen LogP contribution in [0.4, 0.5) is 0 Å². The van der Waals surface area contributed by atoms with Gasteiger partial charge >= 0.3 is 0 Å². The van der Waals surface area contributed by atoms with Gasteiger partial charge in [-0.1, -0.05) is 0 Å². The zero-order chi connectivity index (χ0) is 8.27. The third-order valence-electron chi connectivity index (χ3n) is 1.54. The van der Waals surface area contributed by atoms with Crippen LogP contribution in [-0.2, 0) is 9.47 Å². The maximum absolute atomic E-state index is 9.03. The minimum absolute atomic E-state index is 0.215. The van der Waals surface area contributed by atoms with E-state index in [0.29, 0.717) is 0 Å². The topological polar surface area (TPSA) is 79.2 Å². The molecule has 66 valence electrons. The Balaban J connectivity index is 2.29. The molecular formula is C6H12O5. The van der Waals surface area contributed by atoms with Gasteiger partial charge in [0.25, 0.3) is 0 Å². The minimum atomic E-state index is -0.924. The number of rotatable bonds is 3. The summed E-state index contributed by atoms with van der Waals surface area (Å²) in [6, 6.07) is 0. The van der Waals surface area contributed by atoms with E-state index in [1.165, 1.54) is 0 Å². The fraction of sp³-hybridized carbons (Fsp3) is 1.00. The quantitative estimate of drug-likeness (QED) is 0.453. The second-order valence-electron chi connectivity index (χ2n) is 2.37. The van der Waals surface area contributed by atoms with Crippen LogP contribution in [0.2, 0.25) is 0 Å². The van der Waals surface area contributed by atoms with Gasteiger partial charge in [-0.15, -0.1) is 0 Å². The summed E-state index contributed by atoms with van der Waals surface area (Å²) >= 11 is 0. The molecule has 0 aromatic rings. The summed E-state index contributed by atoms with van der Waals surface area (Å²) in [7, 11) is 0. The van der Waals surface area contributed by atoms with Gasteiger partial charge in [0.2, 0.25) is 0 Å². The third-order valence-corrected chi connectivity index (χ3v) is 1.54. The zero-order valence-electron chi connectivity index (χ0n) is 6.01. The summed E-state index contributed by atoms with van der Waals surface area (Å²) in [6.07, 6.45) is -2.09. The first kappa shape index (κ1) is 8.89. The van der Waals surface area contributed by atoms with E-state index in [0.717, 1.165) is 0 Å². The maximum Gasteiger partial charge on any atom is 0.181 e. The van der Waals surface area contributed by atoms with Gasteiger partial charge in [0.15, 0.2) is 6.29 Å². The Kier molecular flexibility index (Phi) is 3.22. The lowest BCUT2D eigenvalue weighted by Crippen LogP contribution is -2.31. The molecular weight excluding hydrogens is 152 g/mol. The summed E-state index contributed by atoms with van der Waals surface area (Å²) in [4.78, 5) is 0. The smallest absolute Gasteiger partial charge is 0.181 e. The van der Waals surface area contributed by atoms with E-state index in [1.54, 1.807) is 0 Å². The highest BCUT2D eigenvalue weighted by Crippen LogP contribution is 2.13. The second kappa shape index (κ2) is 3.99. The summed E-state index contributed by atoms with van der Waals surface area (Å²) in [5.74, 6) is 0. The van der Waals surface area contributed by atoms with Crippen molar-refractivity contribution >= 4 is 0 Å². The maximum atomic E-state index is 9.03. The summed E-state index contributed by atoms with van der Waals surface area (Å²) in [5.41, 5.74) is 0. The number of aliphatic hydroxyl groups is 3. The first-order valence-electron chi connectivity index (χ1n) is 3.44. The highest BCUT2D eigenvalue weighted by molar-refractivity contribution is 4.72. The predicted octanol–water partition coefficient (Wildman–Crippen LogP) is -1.93. The van der Waals surface area contributed by atoms with Crippen molar-refractivity contribution in [1.29, 1.82) is 0 Å². The molecule has 1 fully saturated rings. The Morgan fingerprint density at radius 3 is 2.64 bits per heavy atom. The normalized spacial score (nSPS) is 34.1. The number of aliphatic hydroxyl groups excluding tert-OH is 3. The monoisotopic (exact) mass is 164 g/mol. The van der Waals surface area contributed by atoms with Crippen molar-refractivity contribution in [2.75, 3.05) is 19.8 Å². The van der Waals surface area contributed by atoms with Crippen molar-refractivity contribution in [3.05, 3.63) is 0 Å². The van der Waals surface area contributed by atoms with Gasteiger partial charge in [-0.25, -0.2) is 0 Å². The number of hydrogen-bond acceptors (Lipinski definition) is 5. The van der Waals surface area contributed by atoms with Crippen LogP contribution < -0.4 is 0 Å².